The first-order valence-electron chi connectivity index (χ1n) is 6.88. The lowest BCUT2D eigenvalue weighted by Gasteiger charge is -2.20. The van der Waals surface area contributed by atoms with Gasteiger partial charge in [-0.1, -0.05) is 17.7 Å². The Morgan fingerprint density at radius 2 is 2.10 bits per heavy atom. The highest BCUT2D eigenvalue weighted by Gasteiger charge is 2.24. The van der Waals surface area contributed by atoms with E-state index in [4.69, 9.17) is 0 Å². The van der Waals surface area contributed by atoms with Crippen molar-refractivity contribution < 1.29 is 0 Å². The van der Waals surface area contributed by atoms with Crippen LogP contribution >= 0.6 is 0 Å². The average molecular weight is 266 g/mol. The molecule has 4 nitrogen and oxygen atoms in total. The third-order valence-electron chi connectivity index (χ3n) is 3.63. The molecule has 0 amide bonds. The quantitative estimate of drug-likeness (QED) is 0.781. The van der Waals surface area contributed by atoms with Crippen LogP contribution in [0.1, 0.15) is 23.7 Å². The molecule has 0 N–H and O–H groups in total. The number of aromatic nitrogens is 2. The van der Waals surface area contributed by atoms with Gasteiger partial charge in [0.2, 0.25) is 0 Å². The highest BCUT2D eigenvalue weighted by molar-refractivity contribution is 5.78. The summed E-state index contributed by atoms with van der Waals surface area (Å²) >= 11 is 0. The van der Waals surface area contributed by atoms with E-state index in [2.05, 4.69) is 45.0 Å². The molecule has 0 saturated heterocycles. The Hall–Kier alpha value is -2.23. The zero-order valence-corrected chi connectivity index (χ0v) is 12.1. The molecule has 0 fully saturated rings. The van der Waals surface area contributed by atoms with Crippen LogP contribution in [0.2, 0.25) is 0 Å². The van der Waals surface area contributed by atoms with Gasteiger partial charge in [0.05, 0.1) is 5.69 Å². The van der Waals surface area contributed by atoms with Gasteiger partial charge in [0, 0.05) is 18.4 Å². The second kappa shape index (κ2) is 5.04. The fourth-order valence-corrected chi connectivity index (χ4v) is 2.68. The van der Waals surface area contributed by atoms with E-state index in [-0.39, 0.29) is 0 Å². The lowest BCUT2D eigenvalue weighted by molar-refractivity contribution is 0.955. The van der Waals surface area contributed by atoms with Gasteiger partial charge in [-0.05, 0) is 38.8 Å². The second-order valence-corrected chi connectivity index (χ2v) is 5.05. The number of fused-ring (bicyclic) bond motifs is 1. The normalized spacial score (nSPS) is 14.1. The van der Waals surface area contributed by atoms with Crippen molar-refractivity contribution in [2.45, 2.75) is 27.2 Å². The monoisotopic (exact) mass is 266 g/mol. The smallest absolute Gasteiger partial charge is 0.162 e. The summed E-state index contributed by atoms with van der Waals surface area (Å²) in [6.45, 7) is 6.96. The van der Waals surface area contributed by atoms with Gasteiger partial charge in [-0.15, -0.1) is 0 Å². The number of nitrogens with zero attached hydrogens (tertiary/aromatic N) is 4. The Labute approximate surface area is 119 Å². The number of aryl methyl sites for hydroxylation is 2. The molecule has 3 rings (SSSR count). The molecule has 0 bridgehead atoms. The molecule has 2 aromatic rings. The zero-order valence-electron chi connectivity index (χ0n) is 12.1. The van der Waals surface area contributed by atoms with Gasteiger partial charge < -0.3 is 4.90 Å². The van der Waals surface area contributed by atoms with E-state index in [0.717, 1.165) is 30.2 Å². The van der Waals surface area contributed by atoms with Crippen molar-refractivity contribution in [1.29, 1.82) is 0 Å². The number of hydrogen-bond donors (Lipinski definition) is 0. The SMILES string of the molecule is C/C=N\c1c(C)ncnc1N1CCc2cc(C)ccc21. The van der Waals surface area contributed by atoms with Crippen LogP contribution in [0.15, 0.2) is 29.5 Å². The van der Waals surface area contributed by atoms with E-state index in [9.17, 15) is 0 Å². The van der Waals surface area contributed by atoms with Crippen LogP contribution in [-0.2, 0) is 6.42 Å². The van der Waals surface area contributed by atoms with Crippen LogP contribution in [0.3, 0.4) is 0 Å². The van der Waals surface area contributed by atoms with Crippen LogP contribution in [-0.4, -0.2) is 22.7 Å². The lowest BCUT2D eigenvalue weighted by Crippen LogP contribution is -2.15. The summed E-state index contributed by atoms with van der Waals surface area (Å²) < 4.78 is 0. The standard InChI is InChI=1S/C16H18N4/c1-4-17-15-12(3)18-10-19-16(15)20-8-7-13-9-11(2)5-6-14(13)20/h4-6,9-10H,7-8H2,1-3H3/b17-4-. The molecule has 0 spiro atoms. The highest BCUT2D eigenvalue weighted by atomic mass is 15.2. The fourth-order valence-electron chi connectivity index (χ4n) is 2.68. The topological polar surface area (TPSA) is 41.4 Å². The number of anilines is 2. The molecule has 1 aliphatic rings. The first-order valence-corrected chi connectivity index (χ1v) is 6.88. The van der Waals surface area contributed by atoms with Crippen molar-refractivity contribution in [1.82, 2.24) is 9.97 Å². The number of rotatable bonds is 2. The third-order valence-corrected chi connectivity index (χ3v) is 3.63. The summed E-state index contributed by atoms with van der Waals surface area (Å²) in [4.78, 5) is 15.4. The second-order valence-electron chi connectivity index (χ2n) is 5.05. The molecule has 0 saturated carbocycles. The fraction of sp³-hybridized carbons (Fsp3) is 0.312. The van der Waals surface area contributed by atoms with Gasteiger partial charge >= 0.3 is 0 Å². The summed E-state index contributed by atoms with van der Waals surface area (Å²) in [5.41, 5.74) is 5.70. The molecule has 0 atom stereocenters. The summed E-state index contributed by atoms with van der Waals surface area (Å²) in [5.74, 6) is 0.901. The maximum Gasteiger partial charge on any atom is 0.162 e. The van der Waals surface area contributed by atoms with Crippen molar-refractivity contribution >= 4 is 23.4 Å². The maximum absolute atomic E-state index is 4.46. The minimum atomic E-state index is 0.864. The highest BCUT2D eigenvalue weighted by Crippen LogP contribution is 2.38. The van der Waals surface area contributed by atoms with Gasteiger partial charge in [0.1, 0.15) is 12.0 Å². The van der Waals surface area contributed by atoms with Crippen molar-refractivity contribution in [3.8, 4) is 0 Å². The Balaban J connectivity index is 2.11. The molecular formula is C16H18N4. The first kappa shape index (κ1) is 12.8. The first-order chi connectivity index (χ1) is 9.70. The van der Waals surface area contributed by atoms with Crippen molar-refractivity contribution in [2.24, 2.45) is 4.99 Å². The Morgan fingerprint density at radius 1 is 1.25 bits per heavy atom. The Kier molecular flexibility index (Phi) is 3.22. The van der Waals surface area contributed by atoms with Crippen LogP contribution in [0.25, 0.3) is 0 Å². The predicted octanol–water partition coefficient (Wildman–Crippen LogP) is 3.51. The molecular weight excluding hydrogens is 248 g/mol. The molecule has 1 aromatic heterocycles. The average Bonchev–Trinajstić information content (AvgIpc) is 2.84. The largest absolute Gasteiger partial charge is 0.324 e. The zero-order chi connectivity index (χ0) is 14.1. The summed E-state index contributed by atoms with van der Waals surface area (Å²) in [6.07, 6.45) is 4.46. The molecule has 2 heterocycles. The molecule has 1 aromatic carbocycles. The van der Waals surface area contributed by atoms with E-state index in [1.165, 1.54) is 16.8 Å². The molecule has 4 heteroatoms. The molecule has 0 unspecified atom stereocenters. The van der Waals surface area contributed by atoms with Crippen molar-refractivity contribution in [3.05, 3.63) is 41.3 Å². The molecule has 1 aliphatic heterocycles. The molecule has 0 aliphatic carbocycles. The number of hydrogen-bond acceptors (Lipinski definition) is 4. The van der Waals surface area contributed by atoms with Gasteiger partial charge in [-0.25, -0.2) is 9.97 Å². The van der Waals surface area contributed by atoms with E-state index in [1.807, 2.05) is 13.8 Å². The minimum absolute atomic E-state index is 0.864. The van der Waals surface area contributed by atoms with Crippen LogP contribution in [0, 0.1) is 13.8 Å². The van der Waals surface area contributed by atoms with Crippen molar-refractivity contribution in [2.75, 3.05) is 11.4 Å². The van der Waals surface area contributed by atoms with Crippen LogP contribution in [0.4, 0.5) is 17.2 Å². The van der Waals surface area contributed by atoms with Gasteiger partial charge in [-0.3, -0.25) is 4.99 Å². The summed E-state index contributed by atoms with van der Waals surface area (Å²) in [5, 5.41) is 0. The lowest BCUT2D eigenvalue weighted by atomic mass is 10.1. The summed E-state index contributed by atoms with van der Waals surface area (Å²) in [7, 11) is 0. The van der Waals surface area contributed by atoms with Crippen LogP contribution < -0.4 is 4.90 Å². The third kappa shape index (κ3) is 2.07. The van der Waals surface area contributed by atoms with Gasteiger partial charge in [0.25, 0.3) is 0 Å². The minimum Gasteiger partial charge on any atom is -0.324 e. The van der Waals surface area contributed by atoms with Crippen molar-refractivity contribution in [3.63, 3.8) is 0 Å². The Morgan fingerprint density at radius 3 is 2.90 bits per heavy atom. The summed E-state index contributed by atoms with van der Waals surface area (Å²) in [6, 6.07) is 6.58. The van der Waals surface area contributed by atoms with Crippen LogP contribution in [0.5, 0.6) is 0 Å². The van der Waals surface area contributed by atoms with E-state index in [1.54, 1.807) is 12.5 Å². The molecule has 20 heavy (non-hydrogen) atoms. The Bertz CT molecular complexity index is 676. The number of benzene rings is 1. The number of aliphatic imine (C=N–C) groups is 1. The van der Waals surface area contributed by atoms with Gasteiger partial charge in [-0.2, -0.15) is 0 Å². The van der Waals surface area contributed by atoms with Gasteiger partial charge in [0.15, 0.2) is 5.82 Å². The van der Waals surface area contributed by atoms with E-state index >= 15 is 0 Å². The predicted molar refractivity (Wildman–Crippen MR) is 82.5 cm³/mol. The van der Waals surface area contributed by atoms with E-state index in [0.29, 0.717) is 0 Å². The van der Waals surface area contributed by atoms with E-state index < -0.39 is 0 Å². The molecule has 0 radical (unpaired) electrons. The maximum atomic E-state index is 4.46. The molecule has 102 valence electrons.